The normalized spacial score (nSPS) is 11.8. The molecule has 0 aromatic heterocycles. The average Bonchev–Trinajstić information content (AvgIpc) is 2.83. The molecule has 0 nitrogen and oxygen atoms in total. The molecule has 176 valence electrons. The lowest BCUT2D eigenvalue weighted by Crippen LogP contribution is -1.87. The van der Waals surface area contributed by atoms with Gasteiger partial charge < -0.3 is 0 Å². The smallest absolute Gasteiger partial charge is 0.126 e. The molecule has 0 spiro atoms. The number of rotatable bonds is 17. The second-order valence-corrected chi connectivity index (χ2v) is 9.25. The Kier molecular flexibility index (Phi) is 13.8. The Morgan fingerprint density at radius 1 is 0.594 bits per heavy atom. The second-order valence-electron chi connectivity index (χ2n) is 9.25. The van der Waals surface area contributed by atoms with E-state index in [1.54, 1.807) is 6.08 Å². The molecule has 0 aliphatic heterocycles. The van der Waals surface area contributed by atoms with Crippen molar-refractivity contribution in [3.63, 3.8) is 0 Å². The first kappa shape index (κ1) is 26.4. The van der Waals surface area contributed by atoms with Crippen molar-refractivity contribution in [3.05, 3.63) is 65.7 Å². The number of hydrogen-bond donors (Lipinski definition) is 0. The predicted octanol–water partition coefficient (Wildman–Crippen LogP) is 10.7. The van der Waals surface area contributed by atoms with Crippen LogP contribution in [0.15, 0.2) is 54.6 Å². The average molecular weight is 437 g/mol. The third kappa shape index (κ3) is 10.6. The third-order valence-corrected chi connectivity index (χ3v) is 6.40. The highest BCUT2D eigenvalue weighted by molar-refractivity contribution is 5.68. The highest BCUT2D eigenvalue weighted by Gasteiger charge is 2.03. The zero-order valence-electron chi connectivity index (χ0n) is 20.7. The summed E-state index contributed by atoms with van der Waals surface area (Å²) in [5, 5.41) is 0. The van der Waals surface area contributed by atoms with Crippen LogP contribution in [0.2, 0.25) is 0 Å². The van der Waals surface area contributed by atoms with Gasteiger partial charge in [0.15, 0.2) is 0 Å². The van der Waals surface area contributed by atoms with Gasteiger partial charge in [0.05, 0.1) is 0 Å². The standard InChI is InChI=1S/C31H45F/c1-3-5-7-9-11-12-13-15-17-27-19-21-28(22-20-27)29-23-25-30(26-24-29)31(32)18-16-14-10-8-6-4-2/h18-26H,3-17H2,1-2H3/b31-18+. The van der Waals surface area contributed by atoms with Crippen molar-refractivity contribution < 1.29 is 4.39 Å². The minimum Gasteiger partial charge on any atom is -0.207 e. The topological polar surface area (TPSA) is 0 Å². The van der Waals surface area contributed by atoms with E-state index < -0.39 is 0 Å². The van der Waals surface area contributed by atoms with E-state index >= 15 is 0 Å². The summed E-state index contributed by atoms with van der Waals surface area (Å²) in [5.41, 5.74) is 4.47. The zero-order valence-corrected chi connectivity index (χ0v) is 20.7. The van der Waals surface area contributed by atoms with Gasteiger partial charge in [0, 0.05) is 5.56 Å². The summed E-state index contributed by atoms with van der Waals surface area (Å²) < 4.78 is 14.4. The molecule has 1 heteroatoms. The fourth-order valence-corrected chi connectivity index (χ4v) is 4.24. The highest BCUT2D eigenvalue weighted by atomic mass is 19.1. The summed E-state index contributed by atoms with van der Waals surface area (Å²) >= 11 is 0. The van der Waals surface area contributed by atoms with E-state index in [2.05, 4.69) is 38.1 Å². The first-order valence-electron chi connectivity index (χ1n) is 13.3. The molecule has 0 unspecified atom stereocenters. The lowest BCUT2D eigenvalue weighted by Gasteiger charge is -2.06. The van der Waals surface area contributed by atoms with Crippen LogP contribution in [0.5, 0.6) is 0 Å². The second kappa shape index (κ2) is 16.7. The van der Waals surface area contributed by atoms with Crippen LogP contribution < -0.4 is 0 Å². The number of unbranched alkanes of at least 4 members (excludes halogenated alkanes) is 12. The number of aryl methyl sites for hydroxylation is 1. The van der Waals surface area contributed by atoms with Crippen molar-refractivity contribution in [2.45, 2.75) is 110 Å². The molecule has 0 radical (unpaired) electrons. The van der Waals surface area contributed by atoms with Gasteiger partial charge in [-0.25, -0.2) is 4.39 Å². The van der Waals surface area contributed by atoms with E-state index in [-0.39, 0.29) is 5.83 Å². The summed E-state index contributed by atoms with van der Waals surface area (Å²) in [6.45, 7) is 4.49. The van der Waals surface area contributed by atoms with Crippen LogP contribution in [-0.2, 0) is 6.42 Å². The molecule has 0 amide bonds. The Balaban J connectivity index is 1.73. The largest absolute Gasteiger partial charge is 0.207 e. The maximum Gasteiger partial charge on any atom is 0.126 e. The van der Waals surface area contributed by atoms with Crippen LogP contribution >= 0.6 is 0 Å². The molecule has 32 heavy (non-hydrogen) atoms. The molecule has 0 atom stereocenters. The maximum absolute atomic E-state index is 14.4. The minimum absolute atomic E-state index is 0.0900. The molecule has 0 aliphatic rings. The van der Waals surface area contributed by atoms with Gasteiger partial charge in [-0.2, -0.15) is 0 Å². The quantitative estimate of drug-likeness (QED) is 0.216. The fourth-order valence-electron chi connectivity index (χ4n) is 4.24. The van der Waals surface area contributed by atoms with E-state index in [4.69, 9.17) is 0 Å². The van der Waals surface area contributed by atoms with Crippen molar-refractivity contribution in [1.29, 1.82) is 0 Å². The monoisotopic (exact) mass is 436 g/mol. The van der Waals surface area contributed by atoms with E-state index in [1.807, 2.05) is 24.3 Å². The SMILES string of the molecule is CCCCCCC/C=C(/F)c1ccc(-c2ccc(CCCCCCCCCC)cc2)cc1. The molecular weight excluding hydrogens is 391 g/mol. The van der Waals surface area contributed by atoms with Crippen molar-refractivity contribution in [1.82, 2.24) is 0 Å². The first-order chi connectivity index (χ1) is 15.7. The molecule has 0 saturated heterocycles. The molecule has 0 bridgehead atoms. The molecule has 2 rings (SSSR count). The Morgan fingerprint density at radius 2 is 1.06 bits per heavy atom. The highest BCUT2D eigenvalue weighted by Crippen LogP contribution is 2.24. The molecule has 2 aromatic carbocycles. The van der Waals surface area contributed by atoms with Crippen LogP contribution in [0, 0.1) is 0 Å². The molecule has 0 saturated carbocycles. The molecule has 0 heterocycles. The number of benzene rings is 2. The summed E-state index contributed by atoms with van der Waals surface area (Å²) in [6.07, 6.45) is 20.7. The lowest BCUT2D eigenvalue weighted by molar-refractivity contribution is 0.575. The van der Waals surface area contributed by atoms with Crippen LogP contribution in [-0.4, -0.2) is 0 Å². The Morgan fingerprint density at radius 3 is 1.62 bits per heavy atom. The molecular formula is C31H45F. The summed E-state index contributed by atoms with van der Waals surface area (Å²) in [5.74, 6) is -0.0900. The molecule has 0 fully saturated rings. The van der Waals surface area contributed by atoms with Crippen molar-refractivity contribution in [2.24, 2.45) is 0 Å². The maximum atomic E-state index is 14.4. The number of allylic oxidation sites excluding steroid dienone is 1. The number of halogens is 1. The van der Waals surface area contributed by atoms with Crippen molar-refractivity contribution >= 4 is 5.83 Å². The molecule has 0 aliphatic carbocycles. The van der Waals surface area contributed by atoms with Gasteiger partial charge in [0.1, 0.15) is 5.83 Å². The van der Waals surface area contributed by atoms with Crippen LogP contribution in [0.3, 0.4) is 0 Å². The Labute approximate surface area is 197 Å². The van der Waals surface area contributed by atoms with Gasteiger partial charge >= 0.3 is 0 Å². The summed E-state index contributed by atoms with van der Waals surface area (Å²) in [4.78, 5) is 0. The molecule has 0 N–H and O–H groups in total. The minimum atomic E-state index is -0.0900. The van der Waals surface area contributed by atoms with Crippen LogP contribution in [0.25, 0.3) is 17.0 Å². The van der Waals surface area contributed by atoms with Gasteiger partial charge in [-0.05, 0) is 48.4 Å². The third-order valence-electron chi connectivity index (χ3n) is 6.40. The van der Waals surface area contributed by atoms with Crippen molar-refractivity contribution in [2.75, 3.05) is 0 Å². The predicted molar refractivity (Wildman–Crippen MR) is 141 cm³/mol. The number of hydrogen-bond acceptors (Lipinski definition) is 0. The zero-order chi connectivity index (χ0) is 22.9. The van der Waals surface area contributed by atoms with Gasteiger partial charge in [-0.1, -0.05) is 133 Å². The van der Waals surface area contributed by atoms with Gasteiger partial charge in [-0.15, -0.1) is 0 Å². The van der Waals surface area contributed by atoms with E-state index in [0.29, 0.717) is 5.56 Å². The van der Waals surface area contributed by atoms with E-state index in [1.165, 1.54) is 94.6 Å². The molecule has 2 aromatic rings. The summed E-state index contributed by atoms with van der Waals surface area (Å²) in [7, 11) is 0. The lowest BCUT2D eigenvalue weighted by atomic mass is 9.99. The summed E-state index contributed by atoms with van der Waals surface area (Å²) in [6, 6.07) is 16.8. The van der Waals surface area contributed by atoms with Gasteiger partial charge in [0.2, 0.25) is 0 Å². The van der Waals surface area contributed by atoms with Crippen LogP contribution in [0.4, 0.5) is 4.39 Å². The fraction of sp³-hybridized carbons (Fsp3) is 0.548. The van der Waals surface area contributed by atoms with E-state index in [0.717, 1.165) is 18.4 Å². The van der Waals surface area contributed by atoms with Crippen LogP contribution in [0.1, 0.15) is 115 Å². The van der Waals surface area contributed by atoms with Gasteiger partial charge in [0.25, 0.3) is 0 Å². The Bertz CT molecular complexity index is 739. The van der Waals surface area contributed by atoms with Gasteiger partial charge in [-0.3, -0.25) is 0 Å². The first-order valence-corrected chi connectivity index (χ1v) is 13.3. The van der Waals surface area contributed by atoms with Crippen molar-refractivity contribution in [3.8, 4) is 11.1 Å². The van der Waals surface area contributed by atoms with E-state index in [9.17, 15) is 4.39 Å². The Hall–Kier alpha value is -1.89.